The molecule has 34 heavy (non-hydrogen) atoms. The first-order chi connectivity index (χ1) is 16.6. The highest BCUT2D eigenvalue weighted by molar-refractivity contribution is 7.80. The first kappa shape index (κ1) is 23.5. The van der Waals surface area contributed by atoms with Crippen LogP contribution in [0.2, 0.25) is 0 Å². The second-order valence-corrected chi connectivity index (χ2v) is 10.5. The van der Waals surface area contributed by atoms with Gasteiger partial charge in [-0.05, 0) is 48.9 Å². The molecule has 0 aliphatic heterocycles. The Morgan fingerprint density at radius 3 is 1.65 bits per heavy atom. The van der Waals surface area contributed by atoms with Gasteiger partial charge < -0.3 is 9.41 Å². The van der Waals surface area contributed by atoms with Crippen molar-refractivity contribution in [2.75, 3.05) is 11.3 Å². The smallest absolute Gasteiger partial charge is 0.329 e. The number of hydrogen-bond donors (Lipinski definition) is 0. The van der Waals surface area contributed by atoms with Crippen molar-refractivity contribution in [2.24, 2.45) is 0 Å². The van der Waals surface area contributed by atoms with Gasteiger partial charge in [-0.1, -0.05) is 84.9 Å². The quantitative estimate of drug-likeness (QED) is 0.237. The Hall–Kier alpha value is -3.62. The summed E-state index contributed by atoms with van der Waals surface area (Å²) in [5, 5.41) is 1.32. The maximum Gasteiger partial charge on any atom is 0.329 e. The second kappa shape index (κ2) is 11.0. The molecule has 0 heterocycles. The van der Waals surface area contributed by atoms with E-state index in [0.717, 1.165) is 5.56 Å². The van der Waals surface area contributed by atoms with Gasteiger partial charge in [0.1, 0.15) is 6.04 Å². The average molecular weight is 470 g/mol. The summed E-state index contributed by atoms with van der Waals surface area (Å²) in [6.07, 6.45) is 0.359. The molecule has 4 aromatic carbocycles. The number of carbonyl (C=O) groups excluding carboxylic acids is 1. The van der Waals surface area contributed by atoms with Crippen LogP contribution in [0.1, 0.15) is 12.5 Å². The van der Waals surface area contributed by atoms with Crippen LogP contribution in [-0.4, -0.2) is 18.6 Å². The van der Waals surface area contributed by atoms with Crippen molar-refractivity contribution >= 4 is 29.6 Å². The first-order valence-corrected chi connectivity index (χ1v) is 13.1. The SMILES string of the molecule is CCOC(=O)[C@H](Cc1ccccc1)N(c1ccccc1)P(=O)(c1ccccc1)c1ccccc1. The van der Waals surface area contributed by atoms with E-state index in [0.29, 0.717) is 22.7 Å². The molecule has 0 N–H and O–H groups in total. The molecule has 0 fully saturated rings. The molecule has 0 aromatic heterocycles. The van der Waals surface area contributed by atoms with Gasteiger partial charge in [0.2, 0.25) is 7.29 Å². The lowest BCUT2D eigenvalue weighted by atomic mass is 10.1. The fourth-order valence-corrected chi connectivity index (χ4v) is 7.10. The minimum Gasteiger partial charge on any atom is -0.464 e. The highest BCUT2D eigenvalue weighted by atomic mass is 31.2. The fraction of sp³-hybridized carbons (Fsp3) is 0.138. The Bertz CT molecular complexity index is 1190. The highest BCUT2D eigenvalue weighted by Crippen LogP contribution is 2.52. The predicted octanol–water partition coefficient (Wildman–Crippen LogP) is 5.60. The molecule has 0 spiro atoms. The first-order valence-electron chi connectivity index (χ1n) is 11.4. The number of ether oxygens (including phenoxy) is 1. The molecular weight excluding hydrogens is 441 g/mol. The Balaban J connectivity index is 1.97. The molecule has 0 unspecified atom stereocenters. The number of para-hydroxylation sites is 1. The summed E-state index contributed by atoms with van der Waals surface area (Å²) in [6, 6.07) is 37.3. The van der Waals surface area contributed by atoms with Crippen LogP contribution < -0.4 is 15.3 Å². The topological polar surface area (TPSA) is 46.6 Å². The van der Waals surface area contributed by atoms with Crippen LogP contribution in [0.25, 0.3) is 0 Å². The number of benzene rings is 4. The maximum absolute atomic E-state index is 15.4. The maximum atomic E-state index is 15.4. The van der Waals surface area contributed by atoms with Crippen LogP contribution in [-0.2, 0) is 20.5 Å². The summed E-state index contributed by atoms with van der Waals surface area (Å²) in [6.45, 7) is 2.03. The lowest BCUT2D eigenvalue weighted by Crippen LogP contribution is -2.46. The number of anilines is 1. The molecule has 0 aliphatic carbocycles. The van der Waals surface area contributed by atoms with Gasteiger partial charge in [0.25, 0.3) is 0 Å². The van der Waals surface area contributed by atoms with E-state index in [2.05, 4.69) is 0 Å². The predicted molar refractivity (Wildman–Crippen MR) is 139 cm³/mol. The van der Waals surface area contributed by atoms with E-state index in [1.165, 1.54) is 0 Å². The third-order valence-electron chi connectivity index (χ3n) is 5.66. The van der Waals surface area contributed by atoms with Crippen molar-refractivity contribution in [3.63, 3.8) is 0 Å². The van der Waals surface area contributed by atoms with E-state index in [-0.39, 0.29) is 6.61 Å². The summed E-state index contributed by atoms with van der Waals surface area (Å²) >= 11 is 0. The highest BCUT2D eigenvalue weighted by Gasteiger charge is 2.42. The van der Waals surface area contributed by atoms with Crippen molar-refractivity contribution < 1.29 is 14.1 Å². The van der Waals surface area contributed by atoms with E-state index in [4.69, 9.17) is 4.74 Å². The minimum absolute atomic E-state index is 0.244. The van der Waals surface area contributed by atoms with Crippen molar-refractivity contribution in [2.45, 2.75) is 19.4 Å². The van der Waals surface area contributed by atoms with Gasteiger partial charge in [0, 0.05) is 22.7 Å². The molecule has 0 aliphatic rings. The molecule has 0 saturated heterocycles. The van der Waals surface area contributed by atoms with E-state index < -0.39 is 19.3 Å². The molecule has 5 heteroatoms. The zero-order valence-electron chi connectivity index (χ0n) is 19.2. The van der Waals surface area contributed by atoms with Gasteiger partial charge in [-0.3, -0.25) is 4.57 Å². The normalized spacial score (nSPS) is 12.0. The molecule has 0 radical (unpaired) electrons. The molecule has 4 rings (SSSR count). The van der Waals surface area contributed by atoms with Crippen LogP contribution in [0.4, 0.5) is 5.69 Å². The third kappa shape index (κ3) is 4.98. The molecular formula is C29H28NO3P. The van der Waals surface area contributed by atoms with Crippen LogP contribution >= 0.6 is 7.29 Å². The number of carbonyl (C=O) groups is 1. The minimum atomic E-state index is -3.49. The largest absolute Gasteiger partial charge is 0.464 e. The Morgan fingerprint density at radius 2 is 1.18 bits per heavy atom. The number of esters is 1. The number of nitrogens with zero attached hydrogens (tertiary/aromatic N) is 1. The standard InChI is InChI=1S/C29H28NO3P/c1-2-33-29(31)28(23-24-15-7-3-8-16-24)30(25-17-9-4-10-18-25)34(32,26-19-11-5-12-20-26)27-21-13-6-14-22-27/h3-22,28H,2,23H2,1H3/t28-/m0/s1. The Morgan fingerprint density at radius 1 is 0.735 bits per heavy atom. The van der Waals surface area contributed by atoms with E-state index in [1.807, 2.05) is 121 Å². The van der Waals surface area contributed by atoms with E-state index >= 15 is 4.57 Å². The zero-order valence-corrected chi connectivity index (χ0v) is 20.1. The molecule has 4 nitrogen and oxygen atoms in total. The molecule has 0 bridgehead atoms. The lowest BCUT2D eigenvalue weighted by Gasteiger charge is -2.39. The van der Waals surface area contributed by atoms with Gasteiger partial charge in [-0.25, -0.2) is 4.79 Å². The van der Waals surface area contributed by atoms with Crippen molar-refractivity contribution in [3.05, 3.63) is 127 Å². The van der Waals surface area contributed by atoms with Gasteiger partial charge in [0.15, 0.2) is 0 Å². The fourth-order valence-electron chi connectivity index (χ4n) is 4.12. The summed E-state index contributed by atoms with van der Waals surface area (Å²) in [4.78, 5) is 13.5. The average Bonchev–Trinajstić information content (AvgIpc) is 2.90. The van der Waals surface area contributed by atoms with Gasteiger partial charge in [-0.15, -0.1) is 0 Å². The van der Waals surface area contributed by atoms with Crippen LogP contribution in [0.15, 0.2) is 121 Å². The molecule has 4 aromatic rings. The summed E-state index contributed by atoms with van der Waals surface area (Å²) in [5.41, 5.74) is 1.67. The Kier molecular flexibility index (Phi) is 7.61. The summed E-state index contributed by atoms with van der Waals surface area (Å²) < 4.78 is 22.7. The van der Waals surface area contributed by atoms with Crippen LogP contribution in [0, 0.1) is 0 Å². The van der Waals surface area contributed by atoms with E-state index in [1.54, 1.807) is 11.6 Å². The summed E-state index contributed by atoms with van der Waals surface area (Å²) in [5.74, 6) is -0.401. The molecule has 1 atom stereocenters. The van der Waals surface area contributed by atoms with Gasteiger partial charge in [-0.2, -0.15) is 0 Å². The van der Waals surface area contributed by atoms with Crippen LogP contribution in [0.3, 0.4) is 0 Å². The van der Waals surface area contributed by atoms with Crippen molar-refractivity contribution in [3.8, 4) is 0 Å². The molecule has 172 valence electrons. The number of rotatable bonds is 9. The van der Waals surface area contributed by atoms with Gasteiger partial charge >= 0.3 is 5.97 Å². The van der Waals surface area contributed by atoms with E-state index in [9.17, 15) is 4.79 Å². The Labute approximate surface area is 201 Å². The zero-order chi connectivity index (χ0) is 23.8. The monoisotopic (exact) mass is 469 g/mol. The molecule has 0 saturated carbocycles. The number of hydrogen-bond acceptors (Lipinski definition) is 3. The van der Waals surface area contributed by atoms with Crippen molar-refractivity contribution in [1.29, 1.82) is 0 Å². The molecule has 0 amide bonds. The van der Waals surface area contributed by atoms with Crippen molar-refractivity contribution in [1.82, 2.24) is 0 Å². The lowest BCUT2D eigenvalue weighted by molar-refractivity contribution is -0.144. The van der Waals surface area contributed by atoms with Crippen LogP contribution in [0.5, 0.6) is 0 Å². The summed E-state index contributed by atoms with van der Waals surface area (Å²) in [7, 11) is -3.49. The third-order valence-corrected chi connectivity index (χ3v) is 8.78. The van der Waals surface area contributed by atoms with Gasteiger partial charge in [0.05, 0.1) is 6.61 Å². The second-order valence-electron chi connectivity index (χ2n) is 7.88.